The predicted molar refractivity (Wildman–Crippen MR) is 69.9 cm³/mol. The van der Waals surface area contributed by atoms with E-state index >= 15 is 0 Å². The minimum Gasteiger partial charge on any atom is -0.343 e. The number of halogens is 2. The highest BCUT2D eigenvalue weighted by atomic mass is 79.9. The molecule has 0 N–H and O–H groups in total. The molecule has 2 rings (SSSR count). The quantitative estimate of drug-likeness (QED) is 0.787. The first kappa shape index (κ1) is 13.0. The van der Waals surface area contributed by atoms with E-state index in [1.165, 1.54) is 15.8 Å². The van der Waals surface area contributed by atoms with Gasteiger partial charge in [-0.25, -0.2) is 9.67 Å². The van der Waals surface area contributed by atoms with Crippen molar-refractivity contribution in [3.8, 4) is 5.82 Å². The number of hydrogen-bond acceptors (Lipinski definition) is 4. The second-order valence-corrected chi connectivity index (χ2v) is 4.85. The molecule has 0 spiro atoms. The zero-order valence-electron chi connectivity index (χ0n) is 9.63. The van der Waals surface area contributed by atoms with Crippen molar-refractivity contribution in [2.45, 2.75) is 0 Å². The molecule has 0 aliphatic heterocycles. The third-order valence-electron chi connectivity index (χ3n) is 2.13. The molecule has 18 heavy (non-hydrogen) atoms. The highest BCUT2D eigenvalue weighted by molar-refractivity contribution is 9.10. The minimum atomic E-state index is -0.176. The van der Waals surface area contributed by atoms with Crippen LogP contribution in [0, 0.1) is 0 Å². The Morgan fingerprint density at radius 2 is 2.22 bits per heavy atom. The fourth-order valence-electron chi connectivity index (χ4n) is 1.28. The maximum atomic E-state index is 11.7. The van der Waals surface area contributed by atoms with E-state index in [9.17, 15) is 4.79 Å². The van der Waals surface area contributed by atoms with E-state index in [0.29, 0.717) is 16.0 Å². The molecule has 8 heteroatoms. The summed E-state index contributed by atoms with van der Waals surface area (Å²) < 4.78 is 2.10. The van der Waals surface area contributed by atoms with Gasteiger partial charge in [-0.2, -0.15) is 10.1 Å². The molecule has 0 aromatic carbocycles. The lowest BCUT2D eigenvalue weighted by Gasteiger charge is -2.07. The summed E-state index contributed by atoms with van der Waals surface area (Å²) in [6.07, 6.45) is 3.17. The highest BCUT2D eigenvalue weighted by Crippen LogP contribution is 2.19. The van der Waals surface area contributed by atoms with Gasteiger partial charge in [-0.15, -0.1) is 0 Å². The molecule has 2 aromatic heterocycles. The molecular formula is C10H9BrClN5O. The van der Waals surface area contributed by atoms with Crippen LogP contribution < -0.4 is 0 Å². The molecule has 0 atom stereocenters. The lowest BCUT2D eigenvalue weighted by Crippen LogP contribution is -2.22. The standard InChI is InChI=1S/C10H9BrClN5O/c1-16(2)9(18)7-3-4-17(15-7)8-6(11)5-13-10(12)14-8/h3-5H,1-2H3. The summed E-state index contributed by atoms with van der Waals surface area (Å²) >= 11 is 9.03. The van der Waals surface area contributed by atoms with Crippen LogP contribution in [-0.2, 0) is 0 Å². The topological polar surface area (TPSA) is 63.9 Å². The van der Waals surface area contributed by atoms with Crippen LogP contribution in [0.1, 0.15) is 10.5 Å². The van der Waals surface area contributed by atoms with Gasteiger partial charge in [0.1, 0.15) is 0 Å². The molecule has 2 aromatic rings. The molecule has 0 radical (unpaired) electrons. The van der Waals surface area contributed by atoms with Crippen molar-refractivity contribution in [1.82, 2.24) is 24.6 Å². The maximum absolute atomic E-state index is 11.7. The van der Waals surface area contributed by atoms with Crippen molar-refractivity contribution in [2.24, 2.45) is 0 Å². The third-order valence-corrected chi connectivity index (χ3v) is 2.87. The summed E-state index contributed by atoms with van der Waals surface area (Å²) in [6, 6.07) is 1.62. The average Bonchev–Trinajstić information content (AvgIpc) is 2.80. The summed E-state index contributed by atoms with van der Waals surface area (Å²) in [5.74, 6) is 0.304. The largest absolute Gasteiger partial charge is 0.343 e. The summed E-state index contributed by atoms with van der Waals surface area (Å²) in [5.41, 5.74) is 0.335. The van der Waals surface area contributed by atoms with Gasteiger partial charge in [-0.05, 0) is 33.6 Å². The van der Waals surface area contributed by atoms with E-state index in [1.807, 2.05) is 0 Å². The van der Waals surface area contributed by atoms with Gasteiger partial charge >= 0.3 is 0 Å². The Bertz CT molecular complexity index is 598. The lowest BCUT2D eigenvalue weighted by molar-refractivity contribution is 0.0821. The average molecular weight is 331 g/mol. The van der Waals surface area contributed by atoms with Crippen molar-refractivity contribution in [1.29, 1.82) is 0 Å². The summed E-state index contributed by atoms with van der Waals surface area (Å²) in [4.78, 5) is 21.0. The summed E-state index contributed by atoms with van der Waals surface area (Å²) in [5, 5.41) is 4.27. The van der Waals surface area contributed by atoms with Crippen molar-refractivity contribution >= 4 is 33.4 Å². The number of rotatable bonds is 2. The Hall–Kier alpha value is -1.47. The molecule has 6 nitrogen and oxygen atoms in total. The van der Waals surface area contributed by atoms with Gasteiger partial charge in [0.25, 0.3) is 5.91 Å². The Morgan fingerprint density at radius 3 is 2.89 bits per heavy atom. The van der Waals surface area contributed by atoms with Crippen LogP contribution in [0.3, 0.4) is 0 Å². The number of carbonyl (C=O) groups is 1. The first-order chi connectivity index (χ1) is 8.49. The predicted octanol–water partition coefficient (Wildman–Crippen LogP) is 1.78. The Balaban J connectivity index is 2.41. The van der Waals surface area contributed by atoms with E-state index in [4.69, 9.17) is 11.6 Å². The highest BCUT2D eigenvalue weighted by Gasteiger charge is 2.14. The first-order valence-corrected chi connectivity index (χ1v) is 6.12. The molecule has 0 aliphatic carbocycles. The SMILES string of the molecule is CN(C)C(=O)c1ccn(-c2nc(Cl)ncc2Br)n1. The Labute approximate surface area is 117 Å². The number of carbonyl (C=O) groups excluding carboxylic acids is 1. The normalized spacial score (nSPS) is 10.4. The van der Waals surface area contributed by atoms with Gasteiger partial charge in [-0.3, -0.25) is 4.79 Å². The molecule has 0 fully saturated rings. The molecule has 0 saturated carbocycles. The van der Waals surface area contributed by atoms with Gasteiger partial charge < -0.3 is 4.90 Å². The van der Waals surface area contributed by atoms with E-state index in [1.54, 1.807) is 26.4 Å². The molecular weight excluding hydrogens is 322 g/mol. The molecule has 2 heterocycles. The number of nitrogens with zero attached hydrogens (tertiary/aromatic N) is 5. The minimum absolute atomic E-state index is 0.115. The Morgan fingerprint density at radius 1 is 1.50 bits per heavy atom. The van der Waals surface area contributed by atoms with Gasteiger partial charge in [-0.1, -0.05) is 0 Å². The van der Waals surface area contributed by atoms with Crippen LogP contribution in [0.2, 0.25) is 5.28 Å². The molecule has 94 valence electrons. The van der Waals surface area contributed by atoms with Crippen molar-refractivity contribution in [3.05, 3.63) is 33.9 Å². The van der Waals surface area contributed by atoms with Crippen LogP contribution in [0.5, 0.6) is 0 Å². The lowest BCUT2D eigenvalue weighted by atomic mass is 10.4. The van der Waals surface area contributed by atoms with Crippen molar-refractivity contribution in [2.75, 3.05) is 14.1 Å². The zero-order chi connectivity index (χ0) is 13.3. The smallest absolute Gasteiger partial charge is 0.273 e. The van der Waals surface area contributed by atoms with Gasteiger partial charge in [0, 0.05) is 26.5 Å². The van der Waals surface area contributed by atoms with Gasteiger partial charge in [0.15, 0.2) is 11.5 Å². The van der Waals surface area contributed by atoms with Crippen molar-refractivity contribution in [3.63, 3.8) is 0 Å². The maximum Gasteiger partial charge on any atom is 0.273 e. The van der Waals surface area contributed by atoms with Gasteiger partial charge in [0.05, 0.1) is 4.47 Å². The third kappa shape index (κ3) is 2.51. The van der Waals surface area contributed by atoms with E-state index in [2.05, 4.69) is 31.0 Å². The number of aromatic nitrogens is 4. The van der Waals surface area contributed by atoms with E-state index < -0.39 is 0 Å². The summed E-state index contributed by atoms with van der Waals surface area (Å²) in [6.45, 7) is 0. The van der Waals surface area contributed by atoms with Crippen LogP contribution in [0.4, 0.5) is 0 Å². The molecule has 0 unspecified atom stereocenters. The molecule has 0 aliphatic rings. The monoisotopic (exact) mass is 329 g/mol. The van der Waals surface area contributed by atoms with Crippen LogP contribution in [0.15, 0.2) is 22.9 Å². The van der Waals surface area contributed by atoms with Crippen LogP contribution >= 0.6 is 27.5 Å². The summed E-state index contributed by atoms with van der Waals surface area (Å²) in [7, 11) is 3.33. The molecule has 0 saturated heterocycles. The fourth-order valence-corrected chi connectivity index (χ4v) is 1.78. The first-order valence-electron chi connectivity index (χ1n) is 4.95. The van der Waals surface area contributed by atoms with E-state index in [-0.39, 0.29) is 11.2 Å². The van der Waals surface area contributed by atoms with Crippen LogP contribution in [0.25, 0.3) is 5.82 Å². The fraction of sp³-hybridized carbons (Fsp3) is 0.200. The zero-order valence-corrected chi connectivity index (χ0v) is 12.0. The number of amides is 1. The van der Waals surface area contributed by atoms with Gasteiger partial charge in [0.2, 0.25) is 5.28 Å². The molecule has 0 bridgehead atoms. The van der Waals surface area contributed by atoms with Crippen molar-refractivity contribution < 1.29 is 4.79 Å². The second-order valence-electron chi connectivity index (χ2n) is 3.66. The number of hydrogen-bond donors (Lipinski definition) is 0. The van der Waals surface area contributed by atoms with E-state index in [0.717, 1.165) is 0 Å². The molecule has 1 amide bonds. The van der Waals surface area contributed by atoms with Crippen LogP contribution in [-0.4, -0.2) is 44.7 Å². The Kier molecular flexibility index (Phi) is 3.63. The second kappa shape index (κ2) is 5.03.